The lowest BCUT2D eigenvalue weighted by Gasteiger charge is -2.06. The fraction of sp³-hybridized carbons (Fsp3) is 0.242. The number of amides is 2. The molecule has 0 saturated carbocycles. The standard InChI is InChI=1S/C33H34N4O6/c1-7-20-19(6)32(42)37-27(20)14-25-18(5)23(10-12-31(40)41)29(35-25)15-28-22(9-11-30(38)39)17(4)24(34-28)13-26-16(3)21(8-2)33(43)36-26/h7-8,13-15,34H,1-2,9-12H2,3-6H3,(H,36,43)(H,37,42)(H,38,39)(H,40,41). The highest BCUT2D eigenvalue weighted by molar-refractivity contribution is 6.14. The predicted molar refractivity (Wildman–Crippen MR) is 165 cm³/mol. The van der Waals surface area contributed by atoms with Crippen molar-refractivity contribution in [1.29, 1.82) is 0 Å². The van der Waals surface area contributed by atoms with Crippen LogP contribution in [-0.2, 0) is 25.6 Å². The number of aromatic nitrogens is 1. The molecule has 0 unspecified atom stereocenters. The lowest BCUT2D eigenvalue weighted by molar-refractivity contribution is -0.138. The molecule has 1 aromatic heterocycles. The van der Waals surface area contributed by atoms with Crippen molar-refractivity contribution in [2.24, 2.45) is 4.99 Å². The summed E-state index contributed by atoms with van der Waals surface area (Å²) in [5.74, 6) is -2.36. The Morgan fingerprint density at radius 1 is 0.767 bits per heavy atom. The average molecular weight is 583 g/mol. The molecule has 1 aromatic rings. The molecule has 0 radical (unpaired) electrons. The quantitative estimate of drug-likeness (QED) is 0.252. The minimum absolute atomic E-state index is 0.0990. The number of rotatable bonds is 11. The van der Waals surface area contributed by atoms with E-state index in [1.165, 1.54) is 6.08 Å². The van der Waals surface area contributed by atoms with Crippen LogP contribution in [0.3, 0.4) is 0 Å². The van der Waals surface area contributed by atoms with Crippen molar-refractivity contribution in [3.8, 4) is 0 Å². The Labute approximate surface area is 249 Å². The molecule has 4 rings (SSSR count). The number of aliphatic imine (C=N–C) groups is 1. The second-order valence-corrected chi connectivity index (χ2v) is 10.5. The van der Waals surface area contributed by atoms with Gasteiger partial charge in [0.25, 0.3) is 11.8 Å². The van der Waals surface area contributed by atoms with Gasteiger partial charge in [-0.25, -0.2) is 4.99 Å². The van der Waals surface area contributed by atoms with Crippen LogP contribution in [0, 0.1) is 6.92 Å². The Kier molecular flexibility index (Phi) is 8.80. The van der Waals surface area contributed by atoms with Crippen molar-refractivity contribution < 1.29 is 29.4 Å². The molecule has 0 spiro atoms. The number of nitrogens with one attached hydrogen (secondary N) is 3. The number of allylic oxidation sites excluding steroid dienone is 5. The van der Waals surface area contributed by atoms with Crippen LogP contribution in [0.15, 0.2) is 86.9 Å². The second kappa shape index (κ2) is 12.3. The van der Waals surface area contributed by atoms with Crippen molar-refractivity contribution in [2.75, 3.05) is 0 Å². The number of aromatic amines is 1. The first-order valence-electron chi connectivity index (χ1n) is 13.8. The minimum atomic E-state index is -0.949. The monoisotopic (exact) mass is 582 g/mol. The molecular formula is C33H34N4O6. The minimum Gasteiger partial charge on any atom is -0.481 e. The zero-order valence-corrected chi connectivity index (χ0v) is 24.6. The lowest BCUT2D eigenvalue weighted by atomic mass is 9.98. The van der Waals surface area contributed by atoms with Gasteiger partial charge in [0.05, 0.1) is 17.1 Å². The van der Waals surface area contributed by atoms with Crippen molar-refractivity contribution in [1.82, 2.24) is 15.6 Å². The maximum atomic E-state index is 12.3. The van der Waals surface area contributed by atoms with E-state index in [2.05, 4.69) is 28.8 Å². The van der Waals surface area contributed by atoms with Crippen molar-refractivity contribution in [3.05, 3.63) is 104 Å². The van der Waals surface area contributed by atoms with Crippen molar-refractivity contribution in [2.45, 2.75) is 53.4 Å². The van der Waals surface area contributed by atoms with Gasteiger partial charge in [-0.3, -0.25) is 19.2 Å². The third-order valence-electron chi connectivity index (χ3n) is 7.86. The summed E-state index contributed by atoms with van der Waals surface area (Å²) in [6, 6.07) is 0. The van der Waals surface area contributed by atoms with Gasteiger partial charge < -0.3 is 25.8 Å². The van der Waals surface area contributed by atoms with E-state index in [0.29, 0.717) is 50.9 Å². The Morgan fingerprint density at radius 3 is 2.00 bits per heavy atom. The summed E-state index contributed by atoms with van der Waals surface area (Å²) in [6.45, 7) is 14.8. The molecule has 10 heteroatoms. The summed E-state index contributed by atoms with van der Waals surface area (Å²) in [7, 11) is 0. The highest BCUT2D eigenvalue weighted by Crippen LogP contribution is 2.35. The van der Waals surface area contributed by atoms with Crippen LogP contribution >= 0.6 is 0 Å². The number of hydrogen-bond acceptors (Lipinski definition) is 5. The molecule has 10 nitrogen and oxygen atoms in total. The Bertz CT molecular complexity index is 1720. The first-order valence-corrected chi connectivity index (χ1v) is 13.8. The predicted octanol–water partition coefficient (Wildman–Crippen LogP) is 4.81. The normalized spacial score (nSPS) is 19.6. The maximum absolute atomic E-state index is 12.3. The van der Waals surface area contributed by atoms with Crippen molar-refractivity contribution >= 4 is 41.6 Å². The number of nitrogens with zero attached hydrogens (tertiary/aromatic N) is 1. The summed E-state index contributed by atoms with van der Waals surface area (Å²) in [4.78, 5) is 55.8. The summed E-state index contributed by atoms with van der Waals surface area (Å²) < 4.78 is 0. The number of carbonyl (C=O) groups excluding carboxylic acids is 2. The van der Waals surface area contributed by atoms with E-state index in [-0.39, 0.29) is 37.5 Å². The van der Waals surface area contributed by atoms with Gasteiger partial charge in [0.2, 0.25) is 0 Å². The van der Waals surface area contributed by atoms with Crippen LogP contribution in [0.2, 0.25) is 0 Å². The van der Waals surface area contributed by atoms with Crippen LogP contribution in [0.25, 0.3) is 12.2 Å². The number of carboxylic acid groups (broad SMARTS) is 2. The van der Waals surface area contributed by atoms with Crippen molar-refractivity contribution in [3.63, 3.8) is 0 Å². The molecule has 3 aliphatic rings. The number of aliphatic carboxylic acids is 2. The van der Waals surface area contributed by atoms with E-state index < -0.39 is 11.9 Å². The Hall–Kier alpha value is -5.25. The maximum Gasteiger partial charge on any atom is 0.303 e. The molecule has 0 atom stereocenters. The zero-order valence-electron chi connectivity index (χ0n) is 24.6. The van der Waals surface area contributed by atoms with Gasteiger partial charge in [0, 0.05) is 46.6 Å². The van der Waals surface area contributed by atoms with E-state index in [1.54, 1.807) is 31.2 Å². The van der Waals surface area contributed by atoms with E-state index in [1.807, 2.05) is 20.8 Å². The largest absolute Gasteiger partial charge is 0.481 e. The molecule has 0 fully saturated rings. The summed E-state index contributed by atoms with van der Waals surface area (Å²) >= 11 is 0. The lowest BCUT2D eigenvalue weighted by Crippen LogP contribution is -2.16. The fourth-order valence-corrected chi connectivity index (χ4v) is 5.33. The van der Waals surface area contributed by atoms with E-state index in [0.717, 1.165) is 27.8 Å². The molecule has 43 heavy (non-hydrogen) atoms. The van der Waals surface area contributed by atoms with Crippen LogP contribution in [0.1, 0.15) is 62.5 Å². The molecule has 222 valence electrons. The molecule has 4 heterocycles. The van der Waals surface area contributed by atoms with Gasteiger partial charge in [-0.05, 0) is 86.6 Å². The number of hydrogen-bond donors (Lipinski definition) is 5. The topological polar surface area (TPSA) is 161 Å². The second-order valence-electron chi connectivity index (χ2n) is 10.5. The number of carboxylic acids is 2. The first kappa shape index (κ1) is 30.7. The summed E-state index contributed by atoms with van der Waals surface area (Å²) in [6.07, 6.45) is 8.71. The van der Waals surface area contributed by atoms with Crippen LogP contribution < -0.4 is 10.6 Å². The van der Waals surface area contributed by atoms with Crippen LogP contribution in [-0.4, -0.2) is 44.7 Å². The van der Waals surface area contributed by atoms with Gasteiger partial charge in [-0.2, -0.15) is 0 Å². The first-order chi connectivity index (χ1) is 20.4. The van der Waals surface area contributed by atoms with Crippen LogP contribution in [0.4, 0.5) is 0 Å². The highest BCUT2D eigenvalue weighted by atomic mass is 16.4. The summed E-state index contributed by atoms with van der Waals surface area (Å²) in [5.41, 5.74) is 9.11. The number of H-pyrrole nitrogens is 1. The van der Waals surface area contributed by atoms with E-state index in [9.17, 15) is 29.4 Å². The van der Waals surface area contributed by atoms with E-state index in [4.69, 9.17) is 4.99 Å². The smallest absolute Gasteiger partial charge is 0.303 e. The molecular weight excluding hydrogens is 548 g/mol. The molecule has 0 aliphatic carbocycles. The van der Waals surface area contributed by atoms with Gasteiger partial charge >= 0.3 is 11.9 Å². The molecule has 3 aliphatic heterocycles. The third kappa shape index (κ3) is 6.18. The highest BCUT2D eigenvalue weighted by Gasteiger charge is 2.27. The Balaban J connectivity index is 1.85. The van der Waals surface area contributed by atoms with Gasteiger partial charge in [0.1, 0.15) is 0 Å². The van der Waals surface area contributed by atoms with Gasteiger partial charge in [-0.15, -0.1) is 0 Å². The molecule has 0 saturated heterocycles. The SMILES string of the molecule is C=CC1=C(C)C(=Cc2[nH]c(C=C3N=C(C=C4NC(=O)C(C)=C4C=C)C(C)=C3CCC(=O)O)c(CCC(=O)O)c2C)NC1=O. The summed E-state index contributed by atoms with van der Waals surface area (Å²) in [5, 5.41) is 24.5. The Morgan fingerprint density at radius 2 is 1.40 bits per heavy atom. The fourth-order valence-electron chi connectivity index (χ4n) is 5.33. The average Bonchev–Trinajstić information content (AvgIpc) is 3.59. The van der Waals surface area contributed by atoms with E-state index >= 15 is 0 Å². The molecule has 0 bridgehead atoms. The molecule has 0 aromatic carbocycles. The van der Waals surface area contributed by atoms with Gasteiger partial charge in [-0.1, -0.05) is 25.3 Å². The molecule has 2 amide bonds. The van der Waals surface area contributed by atoms with Gasteiger partial charge in [0.15, 0.2) is 0 Å². The van der Waals surface area contributed by atoms with Crippen LogP contribution in [0.5, 0.6) is 0 Å². The number of carbonyl (C=O) groups is 4. The molecule has 5 N–H and O–H groups in total. The zero-order chi connectivity index (χ0) is 31.6. The third-order valence-corrected chi connectivity index (χ3v) is 7.86.